The number of aromatic nitrogens is 2. The molecule has 1 saturated carbocycles. The van der Waals surface area contributed by atoms with Crippen molar-refractivity contribution in [3.05, 3.63) is 72.2 Å². The molecule has 37 heavy (non-hydrogen) atoms. The Morgan fingerprint density at radius 2 is 1.76 bits per heavy atom. The number of nitrogens with zero attached hydrogens (tertiary/aromatic N) is 2. The summed E-state index contributed by atoms with van der Waals surface area (Å²) in [5.41, 5.74) is 4.86. The maximum Gasteiger partial charge on any atom is 0.151 e. The number of hydrogen-bond donors (Lipinski definition) is 2. The van der Waals surface area contributed by atoms with E-state index in [4.69, 9.17) is 4.74 Å². The molecule has 4 atom stereocenters. The fraction of sp³-hybridized carbons (Fsp3) is 0.321. The quantitative estimate of drug-likeness (QED) is 0.357. The lowest BCUT2D eigenvalue weighted by Gasteiger charge is -2.12. The van der Waals surface area contributed by atoms with Gasteiger partial charge in [0, 0.05) is 50.9 Å². The van der Waals surface area contributed by atoms with Crippen LogP contribution in [0, 0.1) is 11.2 Å². The van der Waals surface area contributed by atoms with Crippen LogP contribution >= 0.6 is 0 Å². The number of H-pyrrole nitrogens is 1. The molecule has 2 N–H and O–H groups in total. The van der Waals surface area contributed by atoms with E-state index in [2.05, 4.69) is 14.3 Å². The molecule has 2 fully saturated rings. The average Bonchev–Trinajstić information content (AvgIpc) is 3.33. The number of aliphatic hydroxyl groups is 1. The Hall–Kier alpha value is -3.14. The number of hydrogen-bond acceptors (Lipinski definition) is 5. The molecule has 1 aliphatic heterocycles. The summed E-state index contributed by atoms with van der Waals surface area (Å²) in [7, 11) is -2.22. The minimum absolute atomic E-state index is 0.0700. The van der Waals surface area contributed by atoms with Gasteiger partial charge < -0.3 is 14.8 Å². The van der Waals surface area contributed by atoms with Gasteiger partial charge in [0.2, 0.25) is 0 Å². The monoisotopic (exact) mass is 523 g/mol. The smallest absolute Gasteiger partial charge is 0.151 e. The van der Waals surface area contributed by atoms with Crippen LogP contribution in [0.2, 0.25) is 0 Å². The molecule has 3 heterocycles. The Labute approximate surface area is 213 Å². The standard InChI is InChI=1S/C28H27F2N3O3S/c1-37(2,35)33-19-9-7-17(8-10-19)16-3-5-18(6-4-16)26-21(29)11-23-24(32-26)12-22(31-23)20-13-28(20)15-36-25(14-34)27(28)30/h3-12,20,25,27,31,34H,13-15H2,1-2H3/t20?,25-,27-,28-/m1/s1. The largest absolute Gasteiger partial charge is 0.394 e. The lowest BCUT2D eigenvalue weighted by Crippen LogP contribution is -2.27. The summed E-state index contributed by atoms with van der Waals surface area (Å²) in [6.45, 7) is -0.0625. The van der Waals surface area contributed by atoms with E-state index >= 15 is 4.39 Å². The number of ether oxygens (including phenoxy) is 1. The van der Waals surface area contributed by atoms with Crippen molar-refractivity contribution in [2.75, 3.05) is 25.7 Å². The fourth-order valence-corrected chi connectivity index (χ4v) is 6.01. The van der Waals surface area contributed by atoms with Crippen molar-refractivity contribution in [1.29, 1.82) is 0 Å². The number of nitrogens with one attached hydrogen (secondary N) is 1. The second kappa shape index (κ2) is 8.72. The minimum Gasteiger partial charge on any atom is -0.394 e. The summed E-state index contributed by atoms with van der Waals surface area (Å²) in [6, 6.07) is 18.2. The summed E-state index contributed by atoms with van der Waals surface area (Å²) in [5, 5.41) is 9.33. The van der Waals surface area contributed by atoms with Gasteiger partial charge in [-0.25, -0.2) is 18.0 Å². The Morgan fingerprint density at radius 3 is 2.38 bits per heavy atom. The van der Waals surface area contributed by atoms with E-state index in [0.29, 0.717) is 28.7 Å². The summed E-state index contributed by atoms with van der Waals surface area (Å²) in [6.07, 6.45) is 1.81. The van der Waals surface area contributed by atoms with Crippen molar-refractivity contribution in [2.45, 2.75) is 24.6 Å². The minimum atomic E-state index is -2.22. The SMILES string of the molecule is CS(C)(=O)=Nc1ccc(-c2ccc(-c3nc4cc(C5C[C@@]56CO[C@H](CO)[C@H]6F)[nH]c4cc3F)cc2)cc1. The van der Waals surface area contributed by atoms with Crippen LogP contribution in [0.25, 0.3) is 33.4 Å². The van der Waals surface area contributed by atoms with Gasteiger partial charge in [0.25, 0.3) is 0 Å². The van der Waals surface area contributed by atoms with Crippen molar-refractivity contribution >= 4 is 26.4 Å². The highest BCUT2D eigenvalue weighted by atomic mass is 32.2. The van der Waals surface area contributed by atoms with Crippen LogP contribution in [-0.2, 0) is 14.5 Å². The molecule has 0 radical (unpaired) electrons. The van der Waals surface area contributed by atoms with E-state index in [1.54, 1.807) is 12.5 Å². The molecular formula is C28H27F2N3O3S. The Morgan fingerprint density at radius 1 is 1.11 bits per heavy atom. The van der Waals surface area contributed by atoms with Crippen molar-refractivity contribution < 1.29 is 22.8 Å². The maximum absolute atomic E-state index is 15.1. The van der Waals surface area contributed by atoms with Crippen molar-refractivity contribution in [1.82, 2.24) is 9.97 Å². The molecule has 1 aliphatic carbocycles. The molecule has 192 valence electrons. The number of benzene rings is 2. The summed E-state index contributed by atoms with van der Waals surface area (Å²) in [5.74, 6) is -0.514. The molecule has 2 aliphatic rings. The van der Waals surface area contributed by atoms with Gasteiger partial charge in [-0.1, -0.05) is 36.4 Å². The van der Waals surface area contributed by atoms with Crippen LogP contribution < -0.4 is 0 Å². The molecular weight excluding hydrogens is 496 g/mol. The van der Waals surface area contributed by atoms with Crippen molar-refractivity contribution in [3.8, 4) is 22.4 Å². The van der Waals surface area contributed by atoms with Crippen LogP contribution in [0.4, 0.5) is 14.5 Å². The molecule has 0 bridgehead atoms. The highest BCUT2D eigenvalue weighted by Gasteiger charge is 2.66. The third-order valence-electron chi connectivity index (χ3n) is 7.38. The molecule has 1 spiro atoms. The van der Waals surface area contributed by atoms with Gasteiger partial charge in [-0.2, -0.15) is 4.36 Å². The van der Waals surface area contributed by atoms with Crippen LogP contribution in [0.3, 0.4) is 0 Å². The van der Waals surface area contributed by atoms with Crippen molar-refractivity contribution in [3.63, 3.8) is 0 Å². The van der Waals surface area contributed by atoms with E-state index in [1.807, 2.05) is 54.6 Å². The zero-order valence-corrected chi connectivity index (χ0v) is 21.3. The average molecular weight is 524 g/mol. The molecule has 1 unspecified atom stereocenters. The van der Waals surface area contributed by atoms with Crippen molar-refractivity contribution in [2.24, 2.45) is 9.78 Å². The van der Waals surface area contributed by atoms with E-state index < -0.39 is 33.2 Å². The van der Waals surface area contributed by atoms with E-state index in [0.717, 1.165) is 16.8 Å². The fourth-order valence-electron chi connectivity index (χ4n) is 5.38. The molecule has 2 aromatic heterocycles. The third kappa shape index (κ3) is 4.35. The summed E-state index contributed by atoms with van der Waals surface area (Å²) >= 11 is 0. The first-order valence-corrected chi connectivity index (χ1v) is 14.4. The van der Waals surface area contributed by atoms with Gasteiger partial charge >= 0.3 is 0 Å². The van der Waals surface area contributed by atoms with Crippen LogP contribution in [0.1, 0.15) is 18.0 Å². The number of rotatable bonds is 5. The van der Waals surface area contributed by atoms with Crippen LogP contribution in [0.15, 0.2) is 65.0 Å². The summed E-state index contributed by atoms with van der Waals surface area (Å²) in [4.78, 5) is 7.80. The maximum atomic E-state index is 15.1. The Kier molecular flexibility index (Phi) is 5.70. The number of halogens is 2. The first-order chi connectivity index (χ1) is 17.7. The highest BCUT2D eigenvalue weighted by molar-refractivity contribution is 7.92. The molecule has 6 nitrogen and oxygen atoms in total. The van der Waals surface area contributed by atoms with Gasteiger partial charge in [-0.05, 0) is 35.7 Å². The van der Waals surface area contributed by atoms with Gasteiger partial charge in [0.1, 0.15) is 18.0 Å². The third-order valence-corrected chi connectivity index (χ3v) is 8.03. The molecule has 2 aromatic carbocycles. The Bertz CT molecular complexity index is 1600. The molecule has 1 saturated heterocycles. The van der Waals surface area contributed by atoms with E-state index in [9.17, 15) is 13.7 Å². The van der Waals surface area contributed by atoms with E-state index in [-0.39, 0.29) is 24.8 Å². The van der Waals surface area contributed by atoms with Gasteiger partial charge in [-0.15, -0.1) is 0 Å². The second-order valence-corrected chi connectivity index (χ2v) is 12.8. The molecule has 0 amide bonds. The normalized spacial score (nSPS) is 25.2. The topological polar surface area (TPSA) is 87.6 Å². The van der Waals surface area contributed by atoms with E-state index in [1.165, 1.54) is 6.07 Å². The zero-order chi connectivity index (χ0) is 25.9. The van der Waals surface area contributed by atoms with Gasteiger partial charge in [0.15, 0.2) is 5.82 Å². The van der Waals surface area contributed by atoms with Gasteiger partial charge in [-0.3, -0.25) is 0 Å². The number of fused-ring (bicyclic) bond motifs is 1. The number of pyridine rings is 1. The zero-order valence-electron chi connectivity index (χ0n) is 20.4. The van der Waals surface area contributed by atoms with Crippen LogP contribution in [0.5, 0.6) is 0 Å². The molecule has 6 rings (SSSR count). The molecule has 9 heteroatoms. The Balaban J connectivity index is 1.25. The summed E-state index contributed by atoms with van der Waals surface area (Å²) < 4.78 is 51.4. The molecule has 4 aromatic rings. The van der Waals surface area contributed by atoms with Gasteiger partial charge in [0.05, 0.1) is 29.9 Å². The lowest BCUT2D eigenvalue weighted by molar-refractivity contribution is 0.0304. The number of alkyl halides is 1. The van der Waals surface area contributed by atoms with Crippen LogP contribution in [-0.4, -0.2) is 57.3 Å². The first-order valence-electron chi connectivity index (χ1n) is 12.1. The second-order valence-electron chi connectivity index (χ2n) is 10.3. The number of aliphatic hydroxyl groups excluding tert-OH is 1. The first kappa shape index (κ1) is 24.2. The number of aromatic amines is 1. The predicted octanol–water partition coefficient (Wildman–Crippen LogP) is 5.60. The lowest BCUT2D eigenvalue weighted by atomic mass is 9.96. The predicted molar refractivity (Wildman–Crippen MR) is 141 cm³/mol. The highest BCUT2D eigenvalue weighted by Crippen LogP contribution is 2.65.